The van der Waals surface area contributed by atoms with Gasteiger partial charge in [-0.2, -0.15) is 0 Å². The van der Waals surface area contributed by atoms with Crippen molar-refractivity contribution in [2.45, 2.75) is 6.92 Å². The summed E-state index contributed by atoms with van der Waals surface area (Å²) < 4.78 is 11.3. The van der Waals surface area contributed by atoms with E-state index in [2.05, 4.69) is 15.8 Å². The number of aryl methyl sites for hydroxylation is 1. The van der Waals surface area contributed by atoms with E-state index in [0.717, 1.165) is 15.8 Å². The quantitative estimate of drug-likeness (QED) is 0.725. The number of hydrogen-bond acceptors (Lipinski definition) is 6. The number of furan rings is 1. The molecule has 0 unspecified atom stereocenters. The topological polar surface area (TPSA) is 76.4 Å². The molecule has 108 valence electrons. The van der Waals surface area contributed by atoms with E-state index in [1.165, 1.54) is 17.6 Å². The van der Waals surface area contributed by atoms with Crippen molar-refractivity contribution < 1.29 is 13.9 Å². The fourth-order valence-electron chi connectivity index (χ4n) is 1.91. The summed E-state index contributed by atoms with van der Waals surface area (Å²) in [4.78, 5) is 16.2. The normalized spacial score (nSPS) is 10.6. The van der Waals surface area contributed by atoms with E-state index < -0.39 is 0 Å². The first kappa shape index (κ1) is 13.4. The number of ether oxygens (including phenoxy) is 1. The number of amides is 1. The molecule has 0 spiro atoms. The number of carbonyl (C=O) groups is 1. The number of nitrogens with one attached hydrogen (secondary N) is 2. The number of anilines is 1. The maximum Gasteiger partial charge on any atom is 0.305 e. The highest BCUT2D eigenvalue weighted by Crippen LogP contribution is 2.34. The summed E-state index contributed by atoms with van der Waals surface area (Å²) in [6, 6.07) is 7.09. The summed E-state index contributed by atoms with van der Waals surface area (Å²) >= 11 is 1.45. The molecule has 6 nitrogen and oxygen atoms in total. The monoisotopic (exact) mass is 303 g/mol. The predicted molar refractivity (Wildman–Crippen MR) is 80.7 cm³/mol. The number of methoxy groups -OCH3 is 1. The molecule has 3 aromatic rings. The Morgan fingerprint density at radius 2 is 2.24 bits per heavy atom. The van der Waals surface area contributed by atoms with Crippen LogP contribution >= 0.6 is 11.3 Å². The number of fused-ring (bicyclic) bond motifs is 1. The van der Waals surface area contributed by atoms with Gasteiger partial charge in [-0.05, 0) is 30.7 Å². The second kappa shape index (κ2) is 5.45. The van der Waals surface area contributed by atoms with Crippen LogP contribution < -0.4 is 15.6 Å². The number of aromatic nitrogens is 1. The third-order valence-corrected chi connectivity index (χ3v) is 4.06. The lowest BCUT2D eigenvalue weighted by Crippen LogP contribution is -2.28. The van der Waals surface area contributed by atoms with Gasteiger partial charge in [-0.1, -0.05) is 17.4 Å². The van der Waals surface area contributed by atoms with Gasteiger partial charge in [0.25, 0.3) is 0 Å². The number of thiazole rings is 1. The molecule has 7 heteroatoms. The SMILES string of the molecule is COc1ccc(C)c2sc(NNC(=O)c3ccco3)nc12. The third kappa shape index (κ3) is 2.55. The molecule has 0 saturated carbocycles. The van der Waals surface area contributed by atoms with Crippen molar-refractivity contribution in [2.24, 2.45) is 0 Å². The van der Waals surface area contributed by atoms with Crippen molar-refractivity contribution in [1.82, 2.24) is 10.4 Å². The van der Waals surface area contributed by atoms with Crippen LogP contribution in [-0.4, -0.2) is 18.0 Å². The molecule has 0 radical (unpaired) electrons. The van der Waals surface area contributed by atoms with E-state index in [9.17, 15) is 4.79 Å². The molecule has 0 fully saturated rings. The van der Waals surface area contributed by atoms with Crippen molar-refractivity contribution in [3.63, 3.8) is 0 Å². The number of carbonyl (C=O) groups excluding carboxylic acids is 1. The van der Waals surface area contributed by atoms with Crippen LogP contribution in [0.2, 0.25) is 0 Å². The first-order chi connectivity index (χ1) is 10.2. The van der Waals surface area contributed by atoms with Gasteiger partial charge in [-0.25, -0.2) is 4.98 Å². The van der Waals surface area contributed by atoms with Crippen LogP contribution in [0.3, 0.4) is 0 Å². The van der Waals surface area contributed by atoms with Crippen LogP contribution in [-0.2, 0) is 0 Å². The molecule has 21 heavy (non-hydrogen) atoms. The minimum absolute atomic E-state index is 0.234. The summed E-state index contributed by atoms with van der Waals surface area (Å²) in [6.07, 6.45) is 1.45. The highest BCUT2D eigenvalue weighted by atomic mass is 32.1. The minimum Gasteiger partial charge on any atom is -0.494 e. The molecular weight excluding hydrogens is 290 g/mol. The first-order valence-corrected chi connectivity index (χ1v) is 7.04. The highest BCUT2D eigenvalue weighted by Gasteiger charge is 2.12. The van der Waals surface area contributed by atoms with Gasteiger partial charge in [0, 0.05) is 0 Å². The number of nitrogens with zero attached hydrogens (tertiary/aromatic N) is 1. The standard InChI is InChI=1S/C14H13N3O3S/c1-8-5-6-9(19-2)11-12(8)21-14(15-11)17-16-13(18)10-4-3-7-20-10/h3-7H,1-2H3,(H,15,17)(H,16,18). The Hall–Kier alpha value is -2.54. The highest BCUT2D eigenvalue weighted by molar-refractivity contribution is 7.22. The first-order valence-electron chi connectivity index (χ1n) is 6.23. The van der Waals surface area contributed by atoms with Crippen molar-refractivity contribution in [2.75, 3.05) is 12.5 Å². The van der Waals surface area contributed by atoms with E-state index in [0.29, 0.717) is 10.9 Å². The van der Waals surface area contributed by atoms with Gasteiger partial charge in [0.1, 0.15) is 11.3 Å². The van der Waals surface area contributed by atoms with Crippen molar-refractivity contribution in [3.8, 4) is 5.75 Å². The molecule has 0 aliphatic heterocycles. The summed E-state index contributed by atoms with van der Waals surface area (Å²) in [6.45, 7) is 2.01. The van der Waals surface area contributed by atoms with E-state index in [4.69, 9.17) is 9.15 Å². The zero-order chi connectivity index (χ0) is 14.8. The van der Waals surface area contributed by atoms with Gasteiger partial charge in [0.05, 0.1) is 18.1 Å². The lowest BCUT2D eigenvalue weighted by atomic mass is 10.2. The number of rotatable bonds is 4. The van der Waals surface area contributed by atoms with Crippen LogP contribution in [0.4, 0.5) is 5.13 Å². The Kier molecular flexibility index (Phi) is 3.49. The maximum atomic E-state index is 11.8. The molecular formula is C14H13N3O3S. The van der Waals surface area contributed by atoms with E-state index in [1.54, 1.807) is 19.2 Å². The zero-order valence-electron chi connectivity index (χ0n) is 11.5. The largest absolute Gasteiger partial charge is 0.494 e. The number of hydrogen-bond donors (Lipinski definition) is 2. The molecule has 0 atom stereocenters. The van der Waals surface area contributed by atoms with Gasteiger partial charge in [0.2, 0.25) is 5.13 Å². The Morgan fingerprint density at radius 3 is 2.95 bits per heavy atom. The molecule has 2 aromatic heterocycles. The lowest BCUT2D eigenvalue weighted by Gasteiger charge is -2.02. The summed E-state index contributed by atoms with van der Waals surface area (Å²) in [5, 5.41) is 0.581. The lowest BCUT2D eigenvalue weighted by molar-refractivity contribution is 0.0935. The average molecular weight is 303 g/mol. The second-order valence-electron chi connectivity index (χ2n) is 4.34. The minimum atomic E-state index is -0.358. The Labute approximate surface area is 124 Å². The Balaban J connectivity index is 1.82. The fourth-order valence-corrected chi connectivity index (χ4v) is 2.81. The van der Waals surface area contributed by atoms with Crippen molar-refractivity contribution in [1.29, 1.82) is 0 Å². The van der Waals surface area contributed by atoms with Crippen LogP contribution in [0, 0.1) is 6.92 Å². The van der Waals surface area contributed by atoms with Crippen molar-refractivity contribution in [3.05, 3.63) is 41.9 Å². The van der Waals surface area contributed by atoms with Gasteiger partial charge < -0.3 is 9.15 Å². The van der Waals surface area contributed by atoms with Crippen LogP contribution in [0.15, 0.2) is 34.9 Å². The Bertz CT molecular complexity index is 780. The molecule has 0 bridgehead atoms. The molecule has 0 saturated heterocycles. The molecule has 0 aliphatic carbocycles. The molecule has 2 heterocycles. The fraction of sp³-hybridized carbons (Fsp3) is 0.143. The zero-order valence-corrected chi connectivity index (χ0v) is 12.3. The third-order valence-electron chi connectivity index (χ3n) is 2.95. The summed E-state index contributed by atoms with van der Waals surface area (Å²) in [7, 11) is 1.61. The van der Waals surface area contributed by atoms with Gasteiger partial charge >= 0.3 is 5.91 Å². The summed E-state index contributed by atoms with van der Waals surface area (Å²) in [5.74, 6) is 0.581. The van der Waals surface area contributed by atoms with E-state index in [1.807, 2.05) is 19.1 Å². The smallest absolute Gasteiger partial charge is 0.305 e. The maximum absolute atomic E-state index is 11.8. The van der Waals surface area contributed by atoms with Crippen LogP contribution in [0.5, 0.6) is 5.75 Å². The van der Waals surface area contributed by atoms with Crippen molar-refractivity contribution >= 4 is 32.6 Å². The summed E-state index contributed by atoms with van der Waals surface area (Å²) in [5.41, 5.74) is 7.22. The average Bonchev–Trinajstić information content (AvgIpc) is 3.15. The number of benzene rings is 1. The molecule has 1 amide bonds. The van der Waals surface area contributed by atoms with Gasteiger partial charge in [0.15, 0.2) is 5.76 Å². The van der Waals surface area contributed by atoms with Gasteiger partial charge in [-0.3, -0.25) is 15.6 Å². The Morgan fingerprint density at radius 1 is 1.38 bits per heavy atom. The molecule has 0 aliphatic rings. The molecule has 1 aromatic carbocycles. The van der Waals surface area contributed by atoms with E-state index >= 15 is 0 Å². The van der Waals surface area contributed by atoms with Crippen LogP contribution in [0.1, 0.15) is 16.1 Å². The van der Waals surface area contributed by atoms with Gasteiger partial charge in [-0.15, -0.1) is 0 Å². The predicted octanol–water partition coefficient (Wildman–Crippen LogP) is 2.96. The number of hydrazine groups is 1. The van der Waals surface area contributed by atoms with E-state index in [-0.39, 0.29) is 11.7 Å². The second-order valence-corrected chi connectivity index (χ2v) is 5.34. The molecule has 3 rings (SSSR count). The molecule has 2 N–H and O–H groups in total. The van der Waals surface area contributed by atoms with Crippen LogP contribution in [0.25, 0.3) is 10.2 Å².